The molecule has 94 valence electrons. The first-order chi connectivity index (χ1) is 8.47. The summed E-state index contributed by atoms with van der Waals surface area (Å²) >= 11 is 3.31. The topological polar surface area (TPSA) is 35.2 Å². The second-order valence-corrected chi connectivity index (χ2v) is 4.69. The molecule has 0 heterocycles. The van der Waals surface area contributed by atoms with Gasteiger partial charge >= 0.3 is 0 Å². The van der Waals surface area contributed by atoms with E-state index >= 15 is 0 Å². The molecule has 0 saturated carbocycles. The van der Waals surface area contributed by atoms with Crippen molar-refractivity contribution in [2.75, 3.05) is 5.73 Å². The smallest absolute Gasteiger partial charge is 0.156 e. The molecular formula is C13H10BrF2NO. The van der Waals surface area contributed by atoms with E-state index in [1.54, 1.807) is 6.07 Å². The molecule has 2 aromatic rings. The number of hydrogen-bond acceptors (Lipinski definition) is 2. The molecule has 0 saturated heterocycles. The Bertz CT molecular complexity index is 602. The molecule has 0 aliphatic rings. The molecule has 18 heavy (non-hydrogen) atoms. The number of rotatable bonds is 2. The Morgan fingerprint density at radius 2 is 1.83 bits per heavy atom. The lowest BCUT2D eigenvalue weighted by Gasteiger charge is -2.11. The minimum Gasteiger partial charge on any atom is -0.454 e. The van der Waals surface area contributed by atoms with Crippen molar-refractivity contribution in [2.24, 2.45) is 0 Å². The SMILES string of the molecule is Cc1ccc(Oc2cc(F)cc(F)c2N)c(Br)c1. The largest absolute Gasteiger partial charge is 0.454 e. The third kappa shape index (κ3) is 2.61. The number of benzene rings is 2. The zero-order chi connectivity index (χ0) is 13.3. The molecule has 0 aliphatic carbocycles. The summed E-state index contributed by atoms with van der Waals surface area (Å²) in [4.78, 5) is 0. The van der Waals surface area contributed by atoms with E-state index in [1.165, 1.54) is 0 Å². The second kappa shape index (κ2) is 4.94. The molecule has 2 aromatic carbocycles. The van der Waals surface area contributed by atoms with Crippen molar-refractivity contribution in [1.82, 2.24) is 0 Å². The molecule has 0 spiro atoms. The minimum absolute atomic E-state index is 0.0444. The van der Waals surface area contributed by atoms with Crippen LogP contribution in [-0.4, -0.2) is 0 Å². The van der Waals surface area contributed by atoms with Crippen molar-refractivity contribution < 1.29 is 13.5 Å². The van der Waals surface area contributed by atoms with E-state index in [0.29, 0.717) is 16.3 Å². The second-order valence-electron chi connectivity index (χ2n) is 3.84. The minimum atomic E-state index is -0.840. The summed E-state index contributed by atoms with van der Waals surface area (Å²) in [6.45, 7) is 1.92. The molecule has 0 fully saturated rings. The van der Waals surface area contributed by atoms with Crippen LogP contribution < -0.4 is 10.5 Å². The average molecular weight is 314 g/mol. The summed E-state index contributed by atoms with van der Waals surface area (Å²) in [6, 6.07) is 7.12. The zero-order valence-corrected chi connectivity index (χ0v) is 11.1. The van der Waals surface area contributed by atoms with Crippen molar-refractivity contribution in [3.63, 3.8) is 0 Å². The van der Waals surface area contributed by atoms with Gasteiger partial charge in [0.15, 0.2) is 11.6 Å². The van der Waals surface area contributed by atoms with Crippen LogP contribution in [-0.2, 0) is 0 Å². The quantitative estimate of drug-likeness (QED) is 0.833. The van der Waals surface area contributed by atoms with Gasteiger partial charge in [0.25, 0.3) is 0 Å². The average Bonchev–Trinajstić information content (AvgIpc) is 2.29. The maximum Gasteiger partial charge on any atom is 0.156 e. The predicted molar refractivity (Wildman–Crippen MR) is 69.7 cm³/mol. The lowest BCUT2D eigenvalue weighted by Crippen LogP contribution is -1.97. The Morgan fingerprint density at radius 3 is 2.50 bits per heavy atom. The van der Waals surface area contributed by atoms with Gasteiger partial charge in [-0.25, -0.2) is 8.78 Å². The number of nitrogen functional groups attached to an aromatic ring is 1. The summed E-state index contributed by atoms with van der Waals surface area (Å²) in [6.07, 6.45) is 0. The van der Waals surface area contributed by atoms with Crippen LogP contribution in [0.1, 0.15) is 5.56 Å². The normalized spacial score (nSPS) is 10.4. The fraction of sp³-hybridized carbons (Fsp3) is 0.0769. The molecule has 0 bridgehead atoms. The molecule has 2 rings (SSSR count). The highest BCUT2D eigenvalue weighted by Gasteiger charge is 2.11. The van der Waals surface area contributed by atoms with Crippen LogP contribution in [0.5, 0.6) is 11.5 Å². The molecule has 0 amide bonds. The number of aryl methyl sites for hydroxylation is 1. The molecule has 0 aromatic heterocycles. The highest BCUT2D eigenvalue weighted by Crippen LogP contribution is 2.34. The maximum absolute atomic E-state index is 13.3. The molecular weight excluding hydrogens is 304 g/mol. The van der Waals surface area contributed by atoms with E-state index in [-0.39, 0.29) is 11.4 Å². The van der Waals surface area contributed by atoms with Gasteiger partial charge in [-0.2, -0.15) is 0 Å². The van der Waals surface area contributed by atoms with Crippen molar-refractivity contribution in [3.05, 3.63) is 52.0 Å². The first-order valence-electron chi connectivity index (χ1n) is 5.16. The fourth-order valence-corrected chi connectivity index (χ4v) is 2.03. The van der Waals surface area contributed by atoms with E-state index < -0.39 is 11.6 Å². The Labute approximate surface area is 112 Å². The lowest BCUT2D eigenvalue weighted by atomic mass is 10.2. The first-order valence-corrected chi connectivity index (χ1v) is 5.95. The van der Waals surface area contributed by atoms with Crippen molar-refractivity contribution in [2.45, 2.75) is 6.92 Å². The highest BCUT2D eigenvalue weighted by atomic mass is 79.9. The van der Waals surface area contributed by atoms with Gasteiger partial charge in [-0.05, 0) is 40.5 Å². The number of nitrogens with two attached hydrogens (primary N) is 1. The standard InChI is InChI=1S/C13H10BrF2NO/c1-7-2-3-11(9(14)4-7)18-12-6-8(15)5-10(16)13(12)17/h2-6H,17H2,1H3. The van der Waals surface area contributed by atoms with Gasteiger partial charge in [0, 0.05) is 12.1 Å². The Morgan fingerprint density at radius 1 is 1.11 bits per heavy atom. The number of halogens is 3. The molecule has 2 N–H and O–H groups in total. The van der Waals surface area contributed by atoms with Gasteiger partial charge < -0.3 is 10.5 Å². The van der Waals surface area contributed by atoms with Gasteiger partial charge in [0.05, 0.1) is 4.47 Å². The van der Waals surface area contributed by atoms with Crippen molar-refractivity contribution >= 4 is 21.6 Å². The number of ether oxygens (including phenoxy) is 1. The van der Waals surface area contributed by atoms with Crippen LogP contribution in [0.25, 0.3) is 0 Å². The predicted octanol–water partition coefficient (Wildman–Crippen LogP) is 4.41. The monoisotopic (exact) mass is 313 g/mol. The first kappa shape index (κ1) is 12.8. The van der Waals surface area contributed by atoms with E-state index in [4.69, 9.17) is 10.5 Å². The van der Waals surface area contributed by atoms with E-state index in [2.05, 4.69) is 15.9 Å². The van der Waals surface area contributed by atoms with Crippen LogP contribution in [0.4, 0.5) is 14.5 Å². The third-order valence-corrected chi connectivity index (χ3v) is 2.98. The van der Waals surface area contributed by atoms with E-state index in [1.807, 2.05) is 19.1 Å². The van der Waals surface area contributed by atoms with Crippen molar-refractivity contribution in [1.29, 1.82) is 0 Å². The van der Waals surface area contributed by atoms with Crippen LogP contribution in [0.15, 0.2) is 34.8 Å². The summed E-state index contributed by atoms with van der Waals surface area (Å²) < 4.78 is 32.4. The van der Waals surface area contributed by atoms with Gasteiger partial charge in [-0.1, -0.05) is 6.07 Å². The summed E-state index contributed by atoms with van der Waals surface area (Å²) in [7, 11) is 0. The lowest BCUT2D eigenvalue weighted by molar-refractivity contribution is 0.469. The Kier molecular flexibility index (Phi) is 3.52. The summed E-state index contributed by atoms with van der Waals surface area (Å²) in [5, 5.41) is 0. The van der Waals surface area contributed by atoms with Gasteiger partial charge in [0.2, 0.25) is 0 Å². The van der Waals surface area contributed by atoms with Gasteiger partial charge in [-0.15, -0.1) is 0 Å². The Hall–Kier alpha value is -1.62. The van der Waals surface area contributed by atoms with Crippen LogP contribution in [0.2, 0.25) is 0 Å². The number of anilines is 1. The van der Waals surface area contributed by atoms with Gasteiger partial charge in [0.1, 0.15) is 17.3 Å². The fourth-order valence-electron chi connectivity index (χ4n) is 1.45. The van der Waals surface area contributed by atoms with Crippen LogP contribution in [0, 0.1) is 18.6 Å². The maximum atomic E-state index is 13.3. The number of hydrogen-bond donors (Lipinski definition) is 1. The third-order valence-electron chi connectivity index (χ3n) is 2.36. The summed E-state index contributed by atoms with van der Waals surface area (Å²) in [5.41, 5.74) is 6.31. The molecule has 0 radical (unpaired) electrons. The molecule has 0 aliphatic heterocycles. The molecule has 2 nitrogen and oxygen atoms in total. The molecule has 5 heteroatoms. The highest BCUT2D eigenvalue weighted by molar-refractivity contribution is 9.10. The molecule has 0 unspecified atom stereocenters. The van der Waals surface area contributed by atoms with Crippen LogP contribution in [0.3, 0.4) is 0 Å². The van der Waals surface area contributed by atoms with E-state index in [0.717, 1.165) is 11.6 Å². The molecule has 0 atom stereocenters. The van der Waals surface area contributed by atoms with Crippen LogP contribution >= 0.6 is 15.9 Å². The zero-order valence-electron chi connectivity index (χ0n) is 9.51. The van der Waals surface area contributed by atoms with Gasteiger partial charge in [-0.3, -0.25) is 0 Å². The Balaban J connectivity index is 2.40. The van der Waals surface area contributed by atoms with Crippen molar-refractivity contribution in [3.8, 4) is 11.5 Å². The van der Waals surface area contributed by atoms with E-state index in [9.17, 15) is 8.78 Å². The summed E-state index contributed by atoms with van der Waals surface area (Å²) in [5.74, 6) is -1.18.